The lowest BCUT2D eigenvalue weighted by molar-refractivity contribution is -0.146. The second-order valence-corrected chi connectivity index (χ2v) is 11.6. The Morgan fingerprint density at radius 2 is 1.69 bits per heavy atom. The number of nitrogens with one attached hydrogen (secondary N) is 1. The van der Waals surface area contributed by atoms with Crippen molar-refractivity contribution in [2.45, 2.75) is 57.6 Å². The highest BCUT2D eigenvalue weighted by atomic mass is 35.5. The van der Waals surface area contributed by atoms with Crippen LogP contribution in [0.1, 0.15) is 50.7 Å². The van der Waals surface area contributed by atoms with Gasteiger partial charge in [0.2, 0.25) is 5.91 Å². The van der Waals surface area contributed by atoms with Crippen LogP contribution in [0.15, 0.2) is 119 Å². The van der Waals surface area contributed by atoms with Gasteiger partial charge in [-0.25, -0.2) is 4.79 Å². The fourth-order valence-electron chi connectivity index (χ4n) is 5.38. The predicted molar refractivity (Wildman–Crippen MR) is 167 cm³/mol. The topological polar surface area (TPSA) is 75.6 Å². The van der Waals surface area contributed by atoms with E-state index in [0.717, 1.165) is 52.9 Å². The normalized spacial score (nSPS) is 17.8. The van der Waals surface area contributed by atoms with Crippen LogP contribution in [0.25, 0.3) is 5.57 Å². The van der Waals surface area contributed by atoms with Crippen LogP contribution < -0.4 is 10.1 Å². The lowest BCUT2D eigenvalue weighted by Gasteiger charge is -2.27. The molecule has 1 unspecified atom stereocenters. The van der Waals surface area contributed by atoms with Crippen LogP contribution in [0.5, 0.6) is 5.75 Å². The Morgan fingerprint density at radius 3 is 2.33 bits per heavy atom. The highest BCUT2D eigenvalue weighted by molar-refractivity contribution is 6.30. The number of hydrogen-bond donors (Lipinski definition) is 2. The second-order valence-electron chi connectivity index (χ2n) is 11.2. The van der Waals surface area contributed by atoms with Gasteiger partial charge in [0.05, 0.1) is 6.42 Å². The van der Waals surface area contributed by atoms with Crippen molar-refractivity contribution in [2.24, 2.45) is 0 Å². The number of carboxylic acids is 1. The van der Waals surface area contributed by atoms with Gasteiger partial charge >= 0.3 is 5.97 Å². The zero-order valence-electron chi connectivity index (χ0n) is 23.8. The van der Waals surface area contributed by atoms with Crippen molar-refractivity contribution in [3.63, 3.8) is 0 Å². The van der Waals surface area contributed by atoms with Gasteiger partial charge in [-0.3, -0.25) is 4.79 Å². The fraction of sp³-hybridized carbons (Fsp3) is 0.250. The van der Waals surface area contributed by atoms with Crippen LogP contribution in [0.3, 0.4) is 0 Å². The summed E-state index contributed by atoms with van der Waals surface area (Å²) in [6.07, 6.45) is 17.4. The summed E-state index contributed by atoms with van der Waals surface area (Å²) >= 11 is 6.02. The van der Waals surface area contributed by atoms with Crippen LogP contribution in [0.2, 0.25) is 5.02 Å². The number of benzene rings is 2. The predicted octanol–water partition coefficient (Wildman–Crippen LogP) is 7.71. The molecule has 0 fully saturated rings. The Morgan fingerprint density at radius 1 is 1.02 bits per heavy atom. The van der Waals surface area contributed by atoms with Crippen molar-refractivity contribution in [1.82, 2.24) is 5.32 Å². The first-order chi connectivity index (χ1) is 20.2. The maximum absolute atomic E-state index is 13.0. The lowest BCUT2D eigenvalue weighted by Crippen LogP contribution is -2.53. The van der Waals surface area contributed by atoms with Gasteiger partial charge in [-0.15, -0.1) is 5.73 Å². The number of amides is 1. The summed E-state index contributed by atoms with van der Waals surface area (Å²) in [6.45, 7) is 3.43. The molecule has 1 amide bonds. The number of rotatable bonds is 9. The summed E-state index contributed by atoms with van der Waals surface area (Å²) in [5.41, 5.74) is 8.72. The summed E-state index contributed by atoms with van der Waals surface area (Å²) in [7, 11) is 0. The lowest BCUT2D eigenvalue weighted by atomic mass is 9.89. The standard InChI is InChI=1S/C36H34ClNO4/c1-24-8-11-26(27-14-16-31(37)17-15-27)12-13-30(24)23-36(2,35(40)41)38-34(39)20-25-9-18-32(19-10-25)42-33-21-28-6-4-3-5-7-29(28)22-33/h4-7,9-19,33H,3,20-23H2,1-2H3,(H,38,39)(H,40,41). The Balaban J connectivity index is 1.20. The molecular formula is C36H34ClNO4. The molecule has 0 spiro atoms. The molecule has 5 nitrogen and oxygen atoms in total. The van der Waals surface area contributed by atoms with Crippen molar-refractivity contribution in [1.29, 1.82) is 0 Å². The van der Waals surface area contributed by atoms with Gasteiger partial charge < -0.3 is 15.2 Å². The molecule has 42 heavy (non-hydrogen) atoms. The average molecular weight is 580 g/mol. The SMILES string of the molecule is CC1=C=CC(c2ccc(Cl)cc2)=CC=C1CC(C)(NC(=O)Cc1ccc(OC2CC3=C(C=CCC=C3)C2)cc1)C(=O)O. The minimum Gasteiger partial charge on any atom is -0.490 e. The van der Waals surface area contributed by atoms with Gasteiger partial charge in [0.15, 0.2) is 0 Å². The Bertz CT molecular complexity index is 1570. The van der Waals surface area contributed by atoms with E-state index in [1.165, 1.54) is 18.1 Å². The van der Waals surface area contributed by atoms with E-state index in [9.17, 15) is 14.7 Å². The number of halogens is 1. The second kappa shape index (κ2) is 12.7. The van der Waals surface area contributed by atoms with Gasteiger partial charge in [-0.1, -0.05) is 72.3 Å². The minimum atomic E-state index is -1.50. The molecule has 0 aliphatic heterocycles. The van der Waals surface area contributed by atoms with Crippen LogP contribution in [0, 0.1) is 0 Å². The van der Waals surface area contributed by atoms with Crippen molar-refractivity contribution in [3.8, 4) is 5.75 Å². The van der Waals surface area contributed by atoms with Crippen molar-refractivity contribution >= 4 is 29.1 Å². The van der Waals surface area contributed by atoms with Gasteiger partial charge in [-0.05, 0) is 89.6 Å². The minimum absolute atomic E-state index is 0.0619. The molecule has 3 aliphatic carbocycles. The van der Waals surface area contributed by atoms with Crippen molar-refractivity contribution in [2.75, 3.05) is 0 Å². The first-order valence-corrected chi connectivity index (χ1v) is 14.5. The van der Waals surface area contributed by atoms with Crippen molar-refractivity contribution < 1.29 is 19.4 Å². The van der Waals surface area contributed by atoms with E-state index < -0.39 is 11.5 Å². The molecule has 0 radical (unpaired) electrons. The molecule has 1 atom stereocenters. The molecule has 3 aliphatic rings. The maximum atomic E-state index is 13.0. The molecule has 2 N–H and O–H groups in total. The molecule has 2 aromatic carbocycles. The summed E-state index contributed by atoms with van der Waals surface area (Å²) < 4.78 is 6.21. The van der Waals surface area contributed by atoms with E-state index in [0.29, 0.717) is 5.02 Å². The van der Waals surface area contributed by atoms with E-state index in [1.54, 1.807) is 0 Å². The third-order valence-electron chi connectivity index (χ3n) is 7.81. The molecule has 0 bridgehead atoms. The molecule has 0 saturated heterocycles. The third-order valence-corrected chi connectivity index (χ3v) is 8.06. The Kier molecular flexibility index (Phi) is 8.82. The highest BCUT2D eigenvalue weighted by Crippen LogP contribution is 2.33. The quantitative estimate of drug-likeness (QED) is 0.298. The molecule has 0 heterocycles. The van der Waals surface area contributed by atoms with Crippen molar-refractivity contribution in [3.05, 3.63) is 135 Å². The molecule has 6 heteroatoms. The van der Waals surface area contributed by atoms with E-state index in [1.807, 2.05) is 73.7 Å². The smallest absolute Gasteiger partial charge is 0.329 e. The zero-order valence-corrected chi connectivity index (χ0v) is 24.6. The number of carbonyl (C=O) groups is 2. The van der Waals surface area contributed by atoms with Gasteiger partial charge in [0, 0.05) is 24.3 Å². The van der Waals surface area contributed by atoms with Crippen LogP contribution >= 0.6 is 11.6 Å². The van der Waals surface area contributed by atoms with E-state index in [2.05, 4.69) is 35.4 Å². The average Bonchev–Trinajstić information content (AvgIpc) is 3.08. The van der Waals surface area contributed by atoms with E-state index >= 15 is 0 Å². The molecule has 0 saturated carbocycles. The Hall–Kier alpha value is -4.31. The number of carboxylic acid groups (broad SMARTS) is 1. The van der Waals surface area contributed by atoms with Crippen LogP contribution in [-0.2, 0) is 16.0 Å². The number of hydrogen-bond acceptors (Lipinski definition) is 3. The number of ether oxygens (including phenoxy) is 1. The molecule has 0 aromatic heterocycles. The van der Waals surface area contributed by atoms with Gasteiger partial charge in [-0.2, -0.15) is 0 Å². The van der Waals surface area contributed by atoms with Gasteiger partial charge in [0.25, 0.3) is 0 Å². The number of aliphatic carboxylic acids is 1. The summed E-state index contributed by atoms with van der Waals surface area (Å²) in [5.74, 6) is -0.705. The van der Waals surface area contributed by atoms with Crippen LogP contribution in [0.4, 0.5) is 0 Å². The van der Waals surface area contributed by atoms with Gasteiger partial charge in [0.1, 0.15) is 17.4 Å². The molecular weight excluding hydrogens is 546 g/mol. The third kappa shape index (κ3) is 7.12. The largest absolute Gasteiger partial charge is 0.490 e. The summed E-state index contributed by atoms with van der Waals surface area (Å²) in [4.78, 5) is 25.4. The molecule has 5 rings (SSSR count). The summed E-state index contributed by atoms with van der Waals surface area (Å²) in [6, 6.07) is 15.0. The maximum Gasteiger partial charge on any atom is 0.329 e. The summed E-state index contributed by atoms with van der Waals surface area (Å²) in [5, 5.41) is 13.5. The Labute approximate surface area is 251 Å². The van der Waals surface area contributed by atoms with E-state index in [-0.39, 0.29) is 24.9 Å². The number of carbonyl (C=O) groups excluding carboxylic acids is 1. The first-order valence-electron chi connectivity index (χ1n) is 14.1. The molecule has 2 aromatic rings. The first kappa shape index (κ1) is 29.2. The number of allylic oxidation sites excluding steroid dienone is 8. The fourth-order valence-corrected chi connectivity index (χ4v) is 5.51. The highest BCUT2D eigenvalue weighted by Gasteiger charge is 2.36. The van der Waals surface area contributed by atoms with Crippen LogP contribution in [-0.4, -0.2) is 28.6 Å². The monoisotopic (exact) mass is 579 g/mol. The molecule has 214 valence electrons. The zero-order chi connectivity index (χ0) is 29.7. The van der Waals surface area contributed by atoms with E-state index in [4.69, 9.17) is 16.3 Å².